The number of carbonyl (C=O) groups excluding carboxylic acids is 1. The lowest BCUT2D eigenvalue weighted by atomic mass is 10.2. The molecule has 10 heteroatoms. The first-order valence-corrected chi connectivity index (χ1v) is 9.59. The van der Waals surface area contributed by atoms with Crippen molar-refractivity contribution in [2.24, 2.45) is 7.05 Å². The predicted molar refractivity (Wildman–Crippen MR) is 90.5 cm³/mol. The Morgan fingerprint density at radius 2 is 1.88 bits per heavy atom. The van der Waals surface area contributed by atoms with Crippen LogP contribution in [-0.2, 0) is 23.6 Å². The minimum absolute atomic E-state index is 0.125. The van der Waals surface area contributed by atoms with Gasteiger partial charge in [-0.15, -0.1) is 0 Å². The largest absolute Gasteiger partial charge is 0.336 e. The molecule has 1 amide bonds. The average molecular weight is 366 g/mol. The molecular weight excluding hydrogens is 344 g/mol. The van der Waals surface area contributed by atoms with Crippen LogP contribution in [0.4, 0.5) is 0 Å². The molecule has 0 saturated carbocycles. The van der Waals surface area contributed by atoms with E-state index < -0.39 is 10.0 Å². The summed E-state index contributed by atoms with van der Waals surface area (Å²) in [7, 11) is -1.85. The number of aryl methyl sites for hydroxylation is 3. The Labute approximate surface area is 146 Å². The van der Waals surface area contributed by atoms with E-state index in [-0.39, 0.29) is 23.9 Å². The summed E-state index contributed by atoms with van der Waals surface area (Å²) in [6.07, 6.45) is 4.75. The number of hydrogen-bond acceptors (Lipinski definition) is 5. The van der Waals surface area contributed by atoms with E-state index in [9.17, 15) is 13.2 Å². The lowest BCUT2D eigenvalue weighted by Crippen LogP contribution is -2.50. The van der Waals surface area contributed by atoms with Gasteiger partial charge >= 0.3 is 0 Å². The second-order valence-corrected chi connectivity index (χ2v) is 7.94. The van der Waals surface area contributed by atoms with Gasteiger partial charge in [0.05, 0.1) is 17.5 Å². The topological polar surface area (TPSA) is 93.3 Å². The fourth-order valence-electron chi connectivity index (χ4n) is 2.90. The van der Waals surface area contributed by atoms with Gasteiger partial charge in [-0.25, -0.2) is 8.42 Å². The van der Waals surface area contributed by atoms with Gasteiger partial charge in [-0.3, -0.25) is 14.2 Å². The van der Waals surface area contributed by atoms with Crippen molar-refractivity contribution < 1.29 is 13.2 Å². The number of carbonyl (C=O) groups is 1. The normalized spacial score (nSPS) is 16.4. The van der Waals surface area contributed by atoms with E-state index >= 15 is 0 Å². The summed E-state index contributed by atoms with van der Waals surface area (Å²) in [5.41, 5.74) is 1.01. The molecule has 1 aliphatic rings. The van der Waals surface area contributed by atoms with Gasteiger partial charge in [0, 0.05) is 52.2 Å². The van der Waals surface area contributed by atoms with Crippen molar-refractivity contribution in [3.8, 4) is 0 Å². The minimum atomic E-state index is -3.60. The van der Waals surface area contributed by atoms with Gasteiger partial charge in [0.1, 0.15) is 4.90 Å². The summed E-state index contributed by atoms with van der Waals surface area (Å²) in [6, 6.07) is 0. The molecule has 0 N–H and O–H groups in total. The van der Waals surface area contributed by atoms with E-state index in [1.165, 1.54) is 10.5 Å². The summed E-state index contributed by atoms with van der Waals surface area (Å²) in [6.45, 7) is 5.47. The molecule has 2 aromatic heterocycles. The van der Waals surface area contributed by atoms with Gasteiger partial charge in [-0.1, -0.05) is 0 Å². The summed E-state index contributed by atoms with van der Waals surface area (Å²) >= 11 is 0. The van der Waals surface area contributed by atoms with E-state index in [4.69, 9.17) is 0 Å². The highest BCUT2D eigenvalue weighted by molar-refractivity contribution is 7.89. The van der Waals surface area contributed by atoms with E-state index in [1.807, 2.05) is 6.92 Å². The van der Waals surface area contributed by atoms with Crippen molar-refractivity contribution in [1.29, 1.82) is 0 Å². The second kappa shape index (κ2) is 6.60. The summed E-state index contributed by atoms with van der Waals surface area (Å²) in [4.78, 5) is 14.3. The smallest absolute Gasteiger partial charge is 0.257 e. The summed E-state index contributed by atoms with van der Waals surface area (Å²) in [5, 5.41) is 8.21. The number of amides is 1. The zero-order valence-corrected chi connectivity index (χ0v) is 15.4. The third-order valence-electron chi connectivity index (χ3n) is 4.32. The third kappa shape index (κ3) is 3.31. The molecule has 0 unspecified atom stereocenters. The number of nitrogens with zero attached hydrogens (tertiary/aromatic N) is 6. The van der Waals surface area contributed by atoms with Gasteiger partial charge in [-0.05, 0) is 13.8 Å². The predicted octanol–water partition coefficient (Wildman–Crippen LogP) is 0.0916. The van der Waals surface area contributed by atoms with Crippen LogP contribution < -0.4 is 0 Å². The molecule has 0 spiro atoms. The number of rotatable bonds is 4. The molecule has 25 heavy (non-hydrogen) atoms. The van der Waals surface area contributed by atoms with Gasteiger partial charge in [-0.2, -0.15) is 14.5 Å². The van der Waals surface area contributed by atoms with Crippen molar-refractivity contribution in [2.75, 3.05) is 26.2 Å². The lowest BCUT2D eigenvalue weighted by molar-refractivity contribution is 0.0698. The molecule has 0 aromatic carbocycles. The van der Waals surface area contributed by atoms with Gasteiger partial charge in [0.15, 0.2) is 0 Å². The van der Waals surface area contributed by atoms with Crippen LogP contribution in [-0.4, -0.2) is 69.3 Å². The summed E-state index contributed by atoms with van der Waals surface area (Å²) in [5.74, 6) is -0.125. The van der Waals surface area contributed by atoms with E-state index in [0.29, 0.717) is 30.9 Å². The van der Waals surface area contributed by atoms with E-state index in [0.717, 1.165) is 0 Å². The molecular formula is C15H22N6O3S. The first-order chi connectivity index (χ1) is 11.8. The van der Waals surface area contributed by atoms with Gasteiger partial charge in [0.2, 0.25) is 10.0 Å². The maximum Gasteiger partial charge on any atom is 0.257 e. The van der Waals surface area contributed by atoms with Crippen LogP contribution in [0.5, 0.6) is 0 Å². The van der Waals surface area contributed by atoms with Crippen molar-refractivity contribution in [3.05, 3.63) is 29.8 Å². The van der Waals surface area contributed by atoms with Crippen LogP contribution in [0, 0.1) is 6.92 Å². The highest BCUT2D eigenvalue weighted by atomic mass is 32.2. The molecule has 0 radical (unpaired) electrons. The minimum Gasteiger partial charge on any atom is -0.336 e. The van der Waals surface area contributed by atoms with Crippen LogP contribution in [0.2, 0.25) is 0 Å². The van der Waals surface area contributed by atoms with Gasteiger partial charge in [0.25, 0.3) is 5.91 Å². The zero-order valence-electron chi connectivity index (χ0n) is 14.6. The Morgan fingerprint density at radius 3 is 2.40 bits per heavy atom. The number of sulfonamides is 1. The number of piperazine rings is 1. The number of hydrogen-bond donors (Lipinski definition) is 0. The summed E-state index contributed by atoms with van der Waals surface area (Å²) < 4.78 is 30.3. The fraction of sp³-hybridized carbons (Fsp3) is 0.533. The molecule has 0 atom stereocenters. The molecule has 3 rings (SSSR count). The highest BCUT2D eigenvalue weighted by Gasteiger charge is 2.32. The Bertz CT molecular complexity index is 877. The molecule has 3 heterocycles. The molecule has 1 fully saturated rings. The molecule has 136 valence electrons. The SMILES string of the molecule is CCn1cc(S(=O)(=O)N2CCN(C(=O)c3cnn(C)c3)CC2)c(C)n1. The average Bonchev–Trinajstić information content (AvgIpc) is 3.20. The van der Waals surface area contributed by atoms with Crippen molar-refractivity contribution in [2.45, 2.75) is 25.3 Å². The van der Waals surface area contributed by atoms with Crippen molar-refractivity contribution in [1.82, 2.24) is 28.8 Å². The number of aromatic nitrogens is 4. The van der Waals surface area contributed by atoms with Crippen molar-refractivity contribution in [3.63, 3.8) is 0 Å². The van der Waals surface area contributed by atoms with Gasteiger partial charge < -0.3 is 4.90 Å². The lowest BCUT2D eigenvalue weighted by Gasteiger charge is -2.33. The van der Waals surface area contributed by atoms with Crippen LogP contribution >= 0.6 is 0 Å². The molecule has 2 aromatic rings. The van der Waals surface area contributed by atoms with Crippen LogP contribution in [0.3, 0.4) is 0 Å². The fourth-order valence-corrected chi connectivity index (χ4v) is 4.49. The van der Waals surface area contributed by atoms with E-state index in [2.05, 4.69) is 10.2 Å². The molecule has 1 saturated heterocycles. The van der Waals surface area contributed by atoms with Crippen molar-refractivity contribution >= 4 is 15.9 Å². The second-order valence-electron chi connectivity index (χ2n) is 6.03. The Balaban J connectivity index is 1.71. The van der Waals surface area contributed by atoms with Crippen LogP contribution in [0.25, 0.3) is 0 Å². The first kappa shape index (κ1) is 17.6. The molecule has 9 nitrogen and oxygen atoms in total. The highest BCUT2D eigenvalue weighted by Crippen LogP contribution is 2.21. The Kier molecular flexibility index (Phi) is 4.65. The molecule has 0 aliphatic carbocycles. The molecule has 1 aliphatic heterocycles. The third-order valence-corrected chi connectivity index (χ3v) is 6.32. The zero-order chi connectivity index (χ0) is 18.2. The maximum absolute atomic E-state index is 12.8. The maximum atomic E-state index is 12.8. The molecule has 0 bridgehead atoms. The van der Waals surface area contributed by atoms with E-state index in [1.54, 1.807) is 40.6 Å². The van der Waals surface area contributed by atoms with Crippen LogP contribution in [0.1, 0.15) is 23.0 Å². The first-order valence-electron chi connectivity index (χ1n) is 8.15. The quantitative estimate of drug-likeness (QED) is 0.765. The standard InChI is InChI=1S/C15H22N6O3S/c1-4-20-11-14(12(2)17-20)25(23,24)21-7-5-19(6-8-21)15(22)13-9-16-18(3)10-13/h9-11H,4-8H2,1-3H3. The monoisotopic (exact) mass is 366 g/mol. The Morgan fingerprint density at radius 1 is 1.20 bits per heavy atom. The van der Waals surface area contributed by atoms with Crippen LogP contribution in [0.15, 0.2) is 23.5 Å². The Hall–Kier alpha value is -2.20.